The molecule has 1 aliphatic rings. The van der Waals surface area contributed by atoms with Crippen LogP contribution in [0.5, 0.6) is 11.5 Å². The van der Waals surface area contributed by atoms with Gasteiger partial charge in [-0.15, -0.1) is 0 Å². The zero-order valence-electron chi connectivity index (χ0n) is 17.1. The Morgan fingerprint density at radius 1 is 1.10 bits per heavy atom. The summed E-state index contributed by atoms with van der Waals surface area (Å²) in [4.78, 5) is 72.4. The summed E-state index contributed by atoms with van der Waals surface area (Å²) in [6.45, 7) is 4.20. The van der Waals surface area contributed by atoms with Crippen LogP contribution in [0.3, 0.4) is 0 Å². The van der Waals surface area contributed by atoms with E-state index >= 15 is 0 Å². The Morgan fingerprint density at radius 3 is 2.23 bits per heavy atom. The number of hydrogen-bond donors (Lipinski definition) is 1. The highest BCUT2D eigenvalue weighted by molar-refractivity contribution is 6.35. The van der Waals surface area contributed by atoms with Crippen molar-refractivity contribution in [2.75, 3.05) is 19.6 Å². The average Bonchev–Trinajstić information content (AvgIpc) is 2.69. The highest BCUT2D eigenvalue weighted by atomic mass is 16.6. The molecule has 12 nitrogen and oxygen atoms in total. The van der Waals surface area contributed by atoms with Crippen LogP contribution in [0.1, 0.15) is 32.4 Å². The summed E-state index contributed by atoms with van der Waals surface area (Å²) in [5, 5.41) is 11.1. The van der Waals surface area contributed by atoms with Crippen molar-refractivity contribution in [3.63, 3.8) is 0 Å². The summed E-state index contributed by atoms with van der Waals surface area (Å²) in [7, 11) is 0. The van der Waals surface area contributed by atoms with E-state index in [4.69, 9.17) is 9.47 Å². The molecule has 2 rings (SSSR count). The van der Waals surface area contributed by atoms with E-state index in [9.17, 15) is 33.9 Å². The first kappa shape index (κ1) is 23.3. The fraction of sp³-hybridized carbons (Fsp3) is 0.368. The highest BCUT2D eigenvalue weighted by Gasteiger charge is 2.40. The second-order valence-electron chi connectivity index (χ2n) is 6.43. The summed E-state index contributed by atoms with van der Waals surface area (Å²) in [6.07, 6.45) is 0.122. The number of amides is 3. The lowest BCUT2D eigenvalue weighted by Crippen LogP contribution is -2.60. The SMILES string of the molecule is CCN1CCN(N(C=O)C(C(=O)O)c2ccc(OC(C)=O)c(OC(C)=O)c2)C(=O)C1=O. The third-order valence-corrected chi connectivity index (χ3v) is 4.34. The van der Waals surface area contributed by atoms with Gasteiger partial charge in [0.05, 0.1) is 6.54 Å². The second kappa shape index (κ2) is 9.69. The predicted octanol–water partition coefficient (Wildman–Crippen LogP) is -0.273. The number of hydrazine groups is 1. The molecule has 1 aromatic carbocycles. The standard InChI is InChI=1S/C19H21N3O9/c1-4-20-7-8-21(18(27)17(20)26)22(10-23)16(19(28)29)13-5-6-14(30-11(2)24)15(9-13)31-12(3)25/h5-6,9-10,16H,4,7-8H2,1-3H3,(H,28,29). The Labute approximate surface area is 176 Å². The van der Waals surface area contributed by atoms with E-state index in [1.165, 1.54) is 17.0 Å². The van der Waals surface area contributed by atoms with Crippen molar-refractivity contribution < 1.29 is 43.3 Å². The number of hydrogen-bond acceptors (Lipinski definition) is 8. The summed E-state index contributed by atoms with van der Waals surface area (Å²) in [5.41, 5.74) is -0.0649. The van der Waals surface area contributed by atoms with Crippen LogP contribution in [-0.2, 0) is 28.8 Å². The van der Waals surface area contributed by atoms with E-state index in [2.05, 4.69) is 0 Å². The van der Waals surface area contributed by atoms with Crippen LogP contribution in [0.2, 0.25) is 0 Å². The molecule has 1 aromatic rings. The Morgan fingerprint density at radius 2 is 1.71 bits per heavy atom. The quantitative estimate of drug-likeness (QED) is 0.252. The Balaban J connectivity index is 2.48. The lowest BCUT2D eigenvalue weighted by molar-refractivity contribution is -0.180. The van der Waals surface area contributed by atoms with E-state index in [1.54, 1.807) is 6.92 Å². The number of carboxylic acid groups (broad SMARTS) is 1. The molecule has 0 aliphatic carbocycles. The molecule has 0 aromatic heterocycles. The number of aliphatic carboxylic acids is 1. The first-order chi connectivity index (χ1) is 14.6. The zero-order valence-corrected chi connectivity index (χ0v) is 17.1. The third-order valence-electron chi connectivity index (χ3n) is 4.34. The van der Waals surface area contributed by atoms with Crippen LogP contribution >= 0.6 is 0 Å². The van der Waals surface area contributed by atoms with E-state index < -0.39 is 35.8 Å². The molecule has 1 aliphatic heterocycles. The average molecular weight is 435 g/mol. The number of nitrogens with zero attached hydrogens (tertiary/aromatic N) is 3. The van der Waals surface area contributed by atoms with Crippen molar-refractivity contribution in [2.24, 2.45) is 0 Å². The molecule has 1 atom stereocenters. The molecule has 1 saturated heterocycles. The second-order valence-corrected chi connectivity index (χ2v) is 6.43. The number of esters is 2. The topological polar surface area (TPSA) is 151 Å². The van der Waals surface area contributed by atoms with Gasteiger partial charge in [0.1, 0.15) is 0 Å². The Kier molecular flexibility index (Phi) is 7.29. The number of carboxylic acids is 1. The first-order valence-corrected chi connectivity index (χ1v) is 9.18. The van der Waals surface area contributed by atoms with E-state index in [0.717, 1.165) is 24.9 Å². The van der Waals surface area contributed by atoms with Gasteiger partial charge in [0.2, 0.25) is 6.41 Å². The predicted molar refractivity (Wildman–Crippen MR) is 101 cm³/mol. The molecule has 0 spiro atoms. The normalized spacial score (nSPS) is 14.7. The molecular formula is C19H21N3O9. The molecule has 31 heavy (non-hydrogen) atoms. The number of carbonyl (C=O) groups is 6. The van der Waals surface area contributed by atoms with Crippen LogP contribution in [-0.4, -0.2) is 75.8 Å². The molecule has 166 valence electrons. The monoisotopic (exact) mass is 435 g/mol. The van der Waals surface area contributed by atoms with Crippen LogP contribution in [0.4, 0.5) is 0 Å². The van der Waals surface area contributed by atoms with Gasteiger partial charge in [-0.1, -0.05) is 6.07 Å². The first-order valence-electron chi connectivity index (χ1n) is 9.18. The number of likely N-dealkylation sites (N-methyl/N-ethyl adjacent to an activating group) is 1. The summed E-state index contributed by atoms with van der Waals surface area (Å²) in [5.74, 6) is -5.30. The fourth-order valence-electron chi connectivity index (χ4n) is 3.02. The molecule has 12 heteroatoms. The molecule has 1 unspecified atom stereocenters. The molecule has 0 bridgehead atoms. The minimum atomic E-state index is -1.73. The van der Waals surface area contributed by atoms with E-state index in [-0.39, 0.29) is 43.1 Å². The maximum absolute atomic E-state index is 12.5. The smallest absolute Gasteiger partial charge is 0.333 e. The van der Waals surface area contributed by atoms with Crippen molar-refractivity contribution >= 4 is 36.1 Å². The van der Waals surface area contributed by atoms with Gasteiger partial charge >= 0.3 is 29.7 Å². The molecule has 0 saturated carbocycles. The van der Waals surface area contributed by atoms with Gasteiger partial charge in [-0.2, -0.15) is 0 Å². The van der Waals surface area contributed by atoms with Gasteiger partial charge in [0, 0.05) is 26.9 Å². The maximum Gasteiger partial charge on any atom is 0.333 e. The van der Waals surface area contributed by atoms with Crippen LogP contribution in [0.15, 0.2) is 18.2 Å². The Hall–Kier alpha value is -3.96. The van der Waals surface area contributed by atoms with Crippen LogP contribution < -0.4 is 9.47 Å². The molecule has 1 fully saturated rings. The highest BCUT2D eigenvalue weighted by Crippen LogP contribution is 2.33. The minimum Gasteiger partial charge on any atom is -0.479 e. The van der Waals surface area contributed by atoms with Gasteiger partial charge in [0.25, 0.3) is 0 Å². The van der Waals surface area contributed by atoms with Crippen molar-refractivity contribution in [1.82, 2.24) is 14.9 Å². The van der Waals surface area contributed by atoms with E-state index in [1.807, 2.05) is 0 Å². The zero-order chi connectivity index (χ0) is 23.3. The van der Waals surface area contributed by atoms with E-state index in [0.29, 0.717) is 5.01 Å². The van der Waals surface area contributed by atoms with Gasteiger partial charge in [-0.05, 0) is 24.6 Å². The molecule has 0 radical (unpaired) electrons. The molecule has 1 N–H and O–H groups in total. The van der Waals surface area contributed by atoms with Crippen molar-refractivity contribution in [3.8, 4) is 11.5 Å². The summed E-state index contributed by atoms with van der Waals surface area (Å²) < 4.78 is 9.92. The minimum absolute atomic E-state index is 0.0649. The lowest BCUT2D eigenvalue weighted by Gasteiger charge is -2.40. The van der Waals surface area contributed by atoms with Gasteiger partial charge in [0.15, 0.2) is 17.5 Å². The van der Waals surface area contributed by atoms with Crippen LogP contribution in [0.25, 0.3) is 0 Å². The molecule has 3 amide bonds. The fourth-order valence-corrected chi connectivity index (χ4v) is 3.02. The number of piperazine rings is 1. The largest absolute Gasteiger partial charge is 0.479 e. The Bertz CT molecular complexity index is 930. The number of benzene rings is 1. The molecular weight excluding hydrogens is 414 g/mol. The van der Waals surface area contributed by atoms with Gasteiger partial charge < -0.3 is 19.5 Å². The van der Waals surface area contributed by atoms with Crippen molar-refractivity contribution in [3.05, 3.63) is 23.8 Å². The summed E-state index contributed by atoms with van der Waals surface area (Å²) >= 11 is 0. The van der Waals surface area contributed by atoms with Gasteiger partial charge in [-0.3, -0.25) is 24.0 Å². The maximum atomic E-state index is 12.5. The lowest BCUT2D eigenvalue weighted by atomic mass is 10.1. The van der Waals surface area contributed by atoms with Crippen molar-refractivity contribution in [1.29, 1.82) is 0 Å². The summed E-state index contributed by atoms with van der Waals surface area (Å²) in [6, 6.07) is 1.79. The number of ether oxygens (including phenoxy) is 2. The number of rotatable bonds is 8. The third kappa shape index (κ3) is 5.15. The van der Waals surface area contributed by atoms with Crippen LogP contribution in [0, 0.1) is 0 Å². The molecule has 1 heterocycles. The van der Waals surface area contributed by atoms with Crippen molar-refractivity contribution in [2.45, 2.75) is 26.8 Å². The number of carbonyl (C=O) groups excluding carboxylic acids is 5. The van der Waals surface area contributed by atoms with Gasteiger partial charge in [-0.25, -0.2) is 14.8 Å².